The molecule has 19 heavy (non-hydrogen) atoms. The molecule has 100 valence electrons. The zero-order valence-corrected chi connectivity index (χ0v) is 12.2. The van der Waals surface area contributed by atoms with Crippen LogP contribution in [-0.4, -0.2) is 13.1 Å². The van der Waals surface area contributed by atoms with E-state index >= 15 is 0 Å². The van der Waals surface area contributed by atoms with E-state index in [1.165, 1.54) is 7.11 Å². The average Bonchev–Trinajstić information content (AvgIpc) is 2.90. The van der Waals surface area contributed by atoms with E-state index in [1.54, 1.807) is 12.1 Å². The fourth-order valence-corrected chi connectivity index (χ4v) is 1.93. The molecule has 1 N–H and O–H groups in total. The second-order valence-corrected chi connectivity index (χ2v) is 4.98. The molecule has 0 aliphatic carbocycles. The summed E-state index contributed by atoms with van der Waals surface area (Å²) in [5, 5.41) is 3.29. The zero-order valence-electron chi connectivity index (χ0n) is 10.6. The van der Waals surface area contributed by atoms with Crippen molar-refractivity contribution in [3.05, 3.63) is 52.4 Å². The maximum absolute atomic E-state index is 11.3. The molecule has 2 rings (SSSR count). The van der Waals surface area contributed by atoms with Crippen molar-refractivity contribution >= 4 is 27.6 Å². The van der Waals surface area contributed by atoms with Crippen LogP contribution < -0.4 is 5.32 Å². The Balaban J connectivity index is 2.07. The summed E-state index contributed by atoms with van der Waals surface area (Å²) in [6.45, 7) is 1.96. The molecule has 0 saturated carbocycles. The minimum absolute atomic E-state index is 0.0421. The van der Waals surface area contributed by atoms with E-state index in [9.17, 15) is 4.79 Å². The monoisotopic (exact) mass is 323 g/mol. The molecular formula is C14H14BrNO3. The predicted octanol–water partition coefficient (Wildman–Crippen LogP) is 4.00. The Morgan fingerprint density at radius 3 is 2.58 bits per heavy atom. The van der Waals surface area contributed by atoms with E-state index in [-0.39, 0.29) is 11.8 Å². The molecule has 0 aliphatic heterocycles. The molecule has 0 aliphatic rings. The van der Waals surface area contributed by atoms with Crippen molar-refractivity contribution in [3.8, 4) is 0 Å². The number of hydrogen-bond acceptors (Lipinski definition) is 4. The molecular weight excluding hydrogens is 310 g/mol. The number of benzene rings is 1. The number of nitrogens with one attached hydrogen (secondary N) is 1. The van der Waals surface area contributed by atoms with E-state index in [0.717, 1.165) is 10.2 Å². The molecule has 1 unspecified atom stereocenters. The third-order valence-electron chi connectivity index (χ3n) is 2.67. The van der Waals surface area contributed by atoms with Gasteiger partial charge in [-0.25, -0.2) is 4.79 Å². The fourth-order valence-electron chi connectivity index (χ4n) is 1.66. The summed E-state index contributed by atoms with van der Waals surface area (Å²) in [7, 11) is 1.33. The van der Waals surface area contributed by atoms with Crippen LogP contribution in [0.3, 0.4) is 0 Å². The molecule has 4 nitrogen and oxygen atoms in total. The standard InChI is InChI=1S/C14H14BrNO3/c1-9(16-11-5-3-10(15)4-6-11)12-7-8-13(19-12)14(17)18-2/h3-9,16H,1-2H3. The summed E-state index contributed by atoms with van der Waals surface area (Å²) < 4.78 is 11.1. The van der Waals surface area contributed by atoms with Crippen molar-refractivity contribution in [1.29, 1.82) is 0 Å². The molecule has 0 saturated heterocycles. The van der Waals surface area contributed by atoms with Gasteiger partial charge in [-0.2, -0.15) is 0 Å². The summed E-state index contributed by atoms with van der Waals surface area (Å²) >= 11 is 3.39. The van der Waals surface area contributed by atoms with Gasteiger partial charge in [0.1, 0.15) is 5.76 Å². The minimum atomic E-state index is -0.470. The van der Waals surface area contributed by atoms with Gasteiger partial charge in [-0.05, 0) is 43.3 Å². The summed E-state index contributed by atoms with van der Waals surface area (Å²) in [6.07, 6.45) is 0. The average molecular weight is 324 g/mol. The normalized spacial score (nSPS) is 11.9. The summed E-state index contributed by atoms with van der Waals surface area (Å²) in [6, 6.07) is 11.2. The lowest BCUT2D eigenvalue weighted by Crippen LogP contribution is -2.05. The first-order valence-electron chi connectivity index (χ1n) is 5.80. The summed E-state index contributed by atoms with van der Waals surface area (Å²) in [5.74, 6) is 0.423. The fraction of sp³-hybridized carbons (Fsp3) is 0.214. The van der Waals surface area contributed by atoms with Gasteiger partial charge in [-0.15, -0.1) is 0 Å². The van der Waals surface area contributed by atoms with Gasteiger partial charge in [0, 0.05) is 10.2 Å². The van der Waals surface area contributed by atoms with Crippen molar-refractivity contribution in [2.24, 2.45) is 0 Å². The lowest BCUT2D eigenvalue weighted by Gasteiger charge is -2.12. The van der Waals surface area contributed by atoms with Gasteiger partial charge in [-0.1, -0.05) is 15.9 Å². The molecule has 5 heteroatoms. The Kier molecular flexibility index (Phi) is 4.27. The van der Waals surface area contributed by atoms with Crippen LogP contribution in [0.1, 0.15) is 29.3 Å². The van der Waals surface area contributed by atoms with E-state index in [1.807, 2.05) is 31.2 Å². The molecule has 0 fully saturated rings. The smallest absolute Gasteiger partial charge is 0.373 e. The van der Waals surface area contributed by atoms with Crippen molar-refractivity contribution in [2.75, 3.05) is 12.4 Å². The number of furan rings is 1. The van der Waals surface area contributed by atoms with Gasteiger partial charge in [-0.3, -0.25) is 0 Å². The van der Waals surface area contributed by atoms with Crippen LogP contribution in [0.25, 0.3) is 0 Å². The number of anilines is 1. The van der Waals surface area contributed by atoms with Crippen LogP contribution in [0, 0.1) is 0 Å². The Morgan fingerprint density at radius 1 is 1.26 bits per heavy atom. The number of methoxy groups -OCH3 is 1. The number of ether oxygens (including phenoxy) is 1. The topological polar surface area (TPSA) is 51.5 Å². The number of rotatable bonds is 4. The highest BCUT2D eigenvalue weighted by Gasteiger charge is 2.15. The van der Waals surface area contributed by atoms with Crippen molar-refractivity contribution in [1.82, 2.24) is 0 Å². The number of halogens is 1. The maximum Gasteiger partial charge on any atom is 0.373 e. The minimum Gasteiger partial charge on any atom is -0.463 e. The largest absolute Gasteiger partial charge is 0.463 e. The quantitative estimate of drug-likeness (QED) is 0.864. The second-order valence-electron chi connectivity index (χ2n) is 4.07. The molecule has 0 amide bonds. The number of carbonyl (C=O) groups excluding carboxylic acids is 1. The Hall–Kier alpha value is -1.75. The third kappa shape index (κ3) is 3.38. The lowest BCUT2D eigenvalue weighted by atomic mass is 10.2. The van der Waals surface area contributed by atoms with Gasteiger partial charge in [0.15, 0.2) is 0 Å². The first kappa shape index (κ1) is 13.7. The number of hydrogen-bond donors (Lipinski definition) is 1. The molecule has 1 atom stereocenters. The highest BCUT2D eigenvalue weighted by atomic mass is 79.9. The molecule has 0 bridgehead atoms. The van der Waals surface area contributed by atoms with Gasteiger partial charge >= 0.3 is 5.97 Å². The lowest BCUT2D eigenvalue weighted by molar-refractivity contribution is 0.0562. The molecule has 0 radical (unpaired) electrons. The van der Waals surface area contributed by atoms with Crippen LogP contribution in [-0.2, 0) is 4.74 Å². The van der Waals surface area contributed by atoms with Crippen LogP contribution in [0.4, 0.5) is 5.69 Å². The molecule has 1 aromatic heterocycles. The van der Waals surface area contributed by atoms with E-state index < -0.39 is 5.97 Å². The van der Waals surface area contributed by atoms with Crippen molar-refractivity contribution in [3.63, 3.8) is 0 Å². The first-order valence-corrected chi connectivity index (χ1v) is 6.59. The van der Waals surface area contributed by atoms with Gasteiger partial charge in [0.05, 0.1) is 13.2 Å². The highest BCUT2D eigenvalue weighted by molar-refractivity contribution is 9.10. The van der Waals surface area contributed by atoms with Crippen LogP contribution >= 0.6 is 15.9 Å². The van der Waals surface area contributed by atoms with E-state index in [2.05, 4.69) is 26.0 Å². The van der Waals surface area contributed by atoms with Crippen molar-refractivity contribution in [2.45, 2.75) is 13.0 Å². The molecule has 2 aromatic rings. The number of carbonyl (C=O) groups is 1. The Morgan fingerprint density at radius 2 is 1.95 bits per heavy atom. The third-order valence-corrected chi connectivity index (χ3v) is 3.20. The predicted molar refractivity (Wildman–Crippen MR) is 76.2 cm³/mol. The summed E-state index contributed by atoms with van der Waals surface area (Å²) in [4.78, 5) is 11.3. The van der Waals surface area contributed by atoms with Gasteiger partial charge < -0.3 is 14.5 Å². The van der Waals surface area contributed by atoms with Crippen molar-refractivity contribution < 1.29 is 13.9 Å². The van der Waals surface area contributed by atoms with Crippen LogP contribution in [0.2, 0.25) is 0 Å². The molecule has 1 aromatic carbocycles. The molecule has 1 heterocycles. The molecule has 0 spiro atoms. The van der Waals surface area contributed by atoms with Gasteiger partial charge in [0.25, 0.3) is 0 Å². The van der Waals surface area contributed by atoms with E-state index in [4.69, 9.17) is 4.42 Å². The SMILES string of the molecule is COC(=O)c1ccc(C(C)Nc2ccc(Br)cc2)o1. The number of esters is 1. The summed E-state index contributed by atoms with van der Waals surface area (Å²) in [5.41, 5.74) is 0.978. The first-order chi connectivity index (χ1) is 9.10. The maximum atomic E-state index is 11.3. The zero-order chi connectivity index (χ0) is 13.8. The second kappa shape index (κ2) is 5.93. The van der Waals surface area contributed by atoms with E-state index in [0.29, 0.717) is 5.76 Å². The van der Waals surface area contributed by atoms with Crippen LogP contribution in [0.5, 0.6) is 0 Å². The Bertz CT molecular complexity index is 562. The van der Waals surface area contributed by atoms with Gasteiger partial charge in [0.2, 0.25) is 5.76 Å². The van der Waals surface area contributed by atoms with Crippen LogP contribution in [0.15, 0.2) is 45.3 Å². The Labute approximate surface area is 119 Å². The highest BCUT2D eigenvalue weighted by Crippen LogP contribution is 2.22.